The van der Waals surface area contributed by atoms with E-state index in [0.717, 1.165) is 0 Å². The van der Waals surface area contributed by atoms with Gasteiger partial charge in [-0.05, 0) is 13.0 Å². The van der Waals surface area contributed by atoms with Gasteiger partial charge in [0.25, 0.3) is 0 Å². The number of aliphatic carboxylic acids is 1. The number of hydrogen-bond acceptors (Lipinski definition) is 4. The number of rotatable bonds is 2. The summed E-state index contributed by atoms with van der Waals surface area (Å²) in [5.41, 5.74) is 10.1. The van der Waals surface area contributed by atoms with E-state index in [1.807, 2.05) is 0 Å². The van der Waals surface area contributed by atoms with E-state index in [2.05, 4.69) is 4.98 Å². The lowest BCUT2D eigenvalue weighted by molar-refractivity contribution is -0.143. The molecule has 0 aliphatic carbocycles. The molecular formula is C8H10ClN3O2. The van der Waals surface area contributed by atoms with Crippen LogP contribution in [0.1, 0.15) is 12.5 Å². The van der Waals surface area contributed by atoms with Crippen LogP contribution in [0.4, 0.5) is 5.69 Å². The van der Waals surface area contributed by atoms with Crippen molar-refractivity contribution in [2.75, 3.05) is 5.73 Å². The van der Waals surface area contributed by atoms with Crippen molar-refractivity contribution in [3.63, 3.8) is 0 Å². The SMILES string of the molecule is CC(N)(C(=O)O)c1cnc(Cl)cc1N. The number of nitrogens with two attached hydrogens (primary N) is 2. The van der Waals surface area contributed by atoms with Crippen molar-refractivity contribution in [3.05, 3.63) is 23.0 Å². The number of carboxylic acid groups (broad SMARTS) is 1. The molecule has 1 unspecified atom stereocenters. The van der Waals surface area contributed by atoms with Gasteiger partial charge in [0.05, 0.1) is 0 Å². The molecular weight excluding hydrogens is 206 g/mol. The van der Waals surface area contributed by atoms with E-state index in [-0.39, 0.29) is 16.4 Å². The molecule has 0 aromatic carbocycles. The summed E-state index contributed by atoms with van der Waals surface area (Å²) in [5, 5.41) is 9.05. The molecule has 1 aromatic heterocycles. The highest BCUT2D eigenvalue weighted by atomic mass is 35.5. The Hall–Kier alpha value is -1.33. The van der Waals surface area contributed by atoms with Gasteiger partial charge in [0, 0.05) is 17.4 Å². The molecule has 0 saturated heterocycles. The lowest BCUT2D eigenvalue weighted by Gasteiger charge is -2.20. The zero-order chi connectivity index (χ0) is 10.9. The van der Waals surface area contributed by atoms with Crippen molar-refractivity contribution in [1.29, 1.82) is 0 Å². The monoisotopic (exact) mass is 215 g/mol. The highest BCUT2D eigenvalue weighted by Crippen LogP contribution is 2.25. The van der Waals surface area contributed by atoms with Crippen LogP contribution < -0.4 is 11.5 Å². The minimum atomic E-state index is -1.55. The third kappa shape index (κ3) is 1.78. The van der Waals surface area contributed by atoms with Gasteiger partial charge in [0.1, 0.15) is 10.7 Å². The number of nitrogens with zero attached hydrogens (tertiary/aromatic N) is 1. The van der Waals surface area contributed by atoms with Crippen molar-refractivity contribution in [1.82, 2.24) is 4.98 Å². The predicted octanol–water partition coefficient (Wildman–Crippen LogP) is 0.576. The van der Waals surface area contributed by atoms with Crippen molar-refractivity contribution in [2.24, 2.45) is 5.73 Å². The van der Waals surface area contributed by atoms with Gasteiger partial charge in [0.15, 0.2) is 0 Å². The fourth-order valence-electron chi connectivity index (χ4n) is 0.993. The van der Waals surface area contributed by atoms with Crippen LogP contribution in [0.2, 0.25) is 5.15 Å². The lowest BCUT2D eigenvalue weighted by atomic mass is 9.94. The molecule has 1 atom stereocenters. The zero-order valence-electron chi connectivity index (χ0n) is 7.49. The molecule has 0 aliphatic rings. The zero-order valence-corrected chi connectivity index (χ0v) is 8.25. The maximum absolute atomic E-state index is 10.8. The van der Waals surface area contributed by atoms with Crippen LogP contribution in [0, 0.1) is 0 Å². The van der Waals surface area contributed by atoms with Crippen molar-refractivity contribution >= 4 is 23.3 Å². The molecule has 14 heavy (non-hydrogen) atoms. The van der Waals surface area contributed by atoms with E-state index in [0.29, 0.717) is 0 Å². The molecule has 76 valence electrons. The third-order valence-corrected chi connectivity index (χ3v) is 2.11. The highest BCUT2D eigenvalue weighted by molar-refractivity contribution is 6.29. The molecule has 1 aromatic rings. The number of aromatic nitrogens is 1. The van der Waals surface area contributed by atoms with Crippen LogP contribution in [0.15, 0.2) is 12.3 Å². The summed E-state index contributed by atoms with van der Waals surface area (Å²) in [5.74, 6) is -1.17. The number of carboxylic acids is 1. The van der Waals surface area contributed by atoms with Gasteiger partial charge in [-0.2, -0.15) is 0 Å². The number of anilines is 1. The van der Waals surface area contributed by atoms with Gasteiger partial charge < -0.3 is 16.6 Å². The van der Waals surface area contributed by atoms with E-state index in [9.17, 15) is 4.79 Å². The van der Waals surface area contributed by atoms with Gasteiger partial charge >= 0.3 is 5.97 Å². The second-order valence-electron chi connectivity index (χ2n) is 3.10. The summed E-state index contributed by atoms with van der Waals surface area (Å²) in [4.78, 5) is 14.5. The number of halogens is 1. The smallest absolute Gasteiger partial charge is 0.328 e. The van der Waals surface area contributed by atoms with Gasteiger partial charge in [0.2, 0.25) is 0 Å². The standard InChI is InChI=1S/C8H10ClN3O2/c1-8(11,7(13)14)4-3-12-6(9)2-5(4)10/h2-3H,11H2,1H3,(H2,10,12)(H,13,14). The maximum atomic E-state index is 10.8. The van der Waals surface area contributed by atoms with Crippen LogP contribution in [-0.2, 0) is 10.3 Å². The molecule has 0 radical (unpaired) electrons. The number of pyridine rings is 1. The van der Waals surface area contributed by atoms with Crippen molar-refractivity contribution in [3.8, 4) is 0 Å². The Kier molecular flexibility index (Phi) is 2.64. The normalized spacial score (nSPS) is 14.8. The average Bonchev–Trinajstić information content (AvgIpc) is 2.02. The molecule has 0 saturated carbocycles. The first kappa shape index (κ1) is 10.7. The van der Waals surface area contributed by atoms with Crippen LogP contribution in [0.3, 0.4) is 0 Å². The van der Waals surface area contributed by atoms with E-state index in [1.54, 1.807) is 0 Å². The first-order valence-electron chi connectivity index (χ1n) is 3.79. The molecule has 1 rings (SSSR count). The molecule has 0 bridgehead atoms. The molecule has 0 aliphatic heterocycles. The molecule has 0 spiro atoms. The van der Waals surface area contributed by atoms with Crippen LogP contribution >= 0.6 is 11.6 Å². The number of hydrogen-bond donors (Lipinski definition) is 3. The first-order chi connectivity index (χ1) is 6.35. The van der Waals surface area contributed by atoms with Gasteiger partial charge in [-0.25, -0.2) is 9.78 Å². The Morgan fingerprint density at radius 2 is 2.29 bits per heavy atom. The van der Waals surface area contributed by atoms with Crippen LogP contribution in [0.5, 0.6) is 0 Å². The summed E-state index contributed by atoms with van der Waals surface area (Å²) in [6.45, 7) is 1.34. The Morgan fingerprint density at radius 1 is 1.71 bits per heavy atom. The van der Waals surface area contributed by atoms with Crippen molar-refractivity contribution < 1.29 is 9.90 Å². The van der Waals surface area contributed by atoms with E-state index < -0.39 is 11.5 Å². The fraction of sp³-hybridized carbons (Fsp3) is 0.250. The van der Waals surface area contributed by atoms with Crippen LogP contribution in [-0.4, -0.2) is 16.1 Å². The number of nitrogen functional groups attached to an aromatic ring is 1. The molecule has 5 nitrogen and oxygen atoms in total. The largest absolute Gasteiger partial charge is 0.480 e. The fourth-order valence-corrected chi connectivity index (χ4v) is 1.16. The summed E-state index contributed by atoms with van der Waals surface area (Å²) in [6, 6.07) is 1.37. The molecule has 1 heterocycles. The van der Waals surface area contributed by atoms with E-state index in [1.165, 1.54) is 19.2 Å². The minimum Gasteiger partial charge on any atom is -0.480 e. The Balaban J connectivity index is 3.26. The summed E-state index contributed by atoms with van der Waals surface area (Å²) < 4.78 is 0. The van der Waals surface area contributed by atoms with E-state index in [4.69, 9.17) is 28.2 Å². The average molecular weight is 216 g/mol. The summed E-state index contributed by atoms with van der Waals surface area (Å²) in [7, 11) is 0. The number of carbonyl (C=O) groups is 1. The molecule has 0 fully saturated rings. The van der Waals surface area contributed by atoms with Gasteiger partial charge in [-0.3, -0.25) is 0 Å². The lowest BCUT2D eigenvalue weighted by Crippen LogP contribution is -2.42. The second-order valence-corrected chi connectivity index (χ2v) is 3.49. The molecule has 0 amide bonds. The minimum absolute atomic E-state index is 0.201. The predicted molar refractivity (Wildman–Crippen MR) is 52.8 cm³/mol. The van der Waals surface area contributed by atoms with E-state index >= 15 is 0 Å². The quantitative estimate of drug-likeness (QED) is 0.626. The van der Waals surface area contributed by atoms with Crippen LogP contribution in [0.25, 0.3) is 0 Å². The Labute approximate surface area is 85.7 Å². The second kappa shape index (κ2) is 3.43. The Bertz CT molecular complexity index is 379. The third-order valence-electron chi connectivity index (χ3n) is 1.91. The topological polar surface area (TPSA) is 102 Å². The first-order valence-corrected chi connectivity index (χ1v) is 4.17. The summed E-state index contributed by atoms with van der Waals surface area (Å²) >= 11 is 5.57. The maximum Gasteiger partial charge on any atom is 0.328 e. The molecule has 6 heteroatoms. The van der Waals surface area contributed by atoms with Gasteiger partial charge in [-0.1, -0.05) is 11.6 Å². The molecule has 5 N–H and O–H groups in total. The summed E-state index contributed by atoms with van der Waals surface area (Å²) in [6.07, 6.45) is 1.27. The van der Waals surface area contributed by atoms with Gasteiger partial charge in [-0.15, -0.1) is 0 Å². The van der Waals surface area contributed by atoms with Crippen molar-refractivity contribution in [2.45, 2.75) is 12.5 Å². The Morgan fingerprint density at radius 3 is 2.71 bits per heavy atom. The highest BCUT2D eigenvalue weighted by Gasteiger charge is 2.32.